The number of phenolic OH excluding ortho intramolecular Hbond substituents is 1. The van der Waals surface area contributed by atoms with Gasteiger partial charge in [-0.25, -0.2) is 4.98 Å². The summed E-state index contributed by atoms with van der Waals surface area (Å²) in [5.74, 6) is -0.246. The number of aldehydes is 1. The second kappa shape index (κ2) is 7.30. The molecule has 138 valence electrons. The van der Waals surface area contributed by atoms with Gasteiger partial charge >= 0.3 is 5.97 Å². The fourth-order valence-electron chi connectivity index (χ4n) is 3.09. The Bertz CT molecular complexity index is 1000. The van der Waals surface area contributed by atoms with Crippen LogP contribution in [0, 0.1) is 0 Å². The molecular weight excluding hydrogens is 384 g/mol. The summed E-state index contributed by atoms with van der Waals surface area (Å²) >= 11 is 2.95. The fourth-order valence-corrected chi connectivity index (χ4v) is 5.30. The van der Waals surface area contributed by atoms with Gasteiger partial charge in [-0.3, -0.25) is 14.9 Å². The number of nitrogens with one attached hydrogen (secondary N) is 1. The Labute approximate surface area is 163 Å². The summed E-state index contributed by atoms with van der Waals surface area (Å²) in [5.41, 5.74) is 2.23. The summed E-state index contributed by atoms with van der Waals surface area (Å²) in [4.78, 5) is 27.4. The van der Waals surface area contributed by atoms with Gasteiger partial charge in [0.05, 0.1) is 21.2 Å². The van der Waals surface area contributed by atoms with Crippen molar-refractivity contribution < 1.29 is 19.8 Å². The van der Waals surface area contributed by atoms with Crippen molar-refractivity contribution in [3.05, 3.63) is 47.5 Å². The number of carbonyl (C=O) groups is 2. The molecule has 0 bridgehead atoms. The van der Waals surface area contributed by atoms with Crippen LogP contribution in [0.25, 0.3) is 20.8 Å². The van der Waals surface area contributed by atoms with Gasteiger partial charge in [0.15, 0.2) is 0 Å². The molecule has 27 heavy (non-hydrogen) atoms. The predicted molar refractivity (Wildman–Crippen MR) is 106 cm³/mol. The second-order valence-corrected chi connectivity index (χ2v) is 8.45. The lowest BCUT2D eigenvalue weighted by molar-refractivity contribution is -0.139. The maximum Gasteiger partial charge on any atom is 0.320 e. The van der Waals surface area contributed by atoms with E-state index in [2.05, 4.69) is 10.3 Å². The van der Waals surface area contributed by atoms with Gasteiger partial charge in [-0.2, -0.15) is 0 Å². The predicted octanol–water partition coefficient (Wildman–Crippen LogP) is 3.66. The van der Waals surface area contributed by atoms with Crippen LogP contribution in [0.5, 0.6) is 5.75 Å². The molecule has 2 heterocycles. The average molecular weight is 400 g/mol. The number of rotatable bonds is 4. The molecule has 2 atom stereocenters. The van der Waals surface area contributed by atoms with E-state index in [0.29, 0.717) is 33.9 Å². The molecule has 1 saturated heterocycles. The summed E-state index contributed by atoms with van der Waals surface area (Å²) in [6.45, 7) is 0. The molecule has 1 fully saturated rings. The van der Waals surface area contributed by atoms with Crippen molar-refractivity contribution in [1.82, 2.24) is 10.3 Å². The Morgan fingerprint density at radius 3 is 2.85 bits per heavy atom. The molecule has 4 rings (SSSR count). The number of nitrogens with zero attached hydrogens (tertiary/aromatic N) is 1. The minimum atomic E-state index is -0.919. The first-order valence-corrected chi connectivity index (χ1v) is 10.2. The normalized spacial score (nSPS) is 19.9. The monoisotopic (exact) mass is 400 g/mol. The number of carboxylic acid groups (broad SMARTS) is 1. The van der Waals surface area contributed by atoms with Gasteiger partial charge < -0.3 is 10.2 Å². The number of aliphatic carboxylic acids is 1. The van der Waals surface area contributed by atoms with E-state index in [1.165, 1.54) is 23.1 Å². The SMILES string of the molecule is O=Cc1cc(-c2nc3ccccc3s2)c(O)c([C@@H]2NC(C(=O)O)CCS2)c1. The number of carbonyl (C=O) groups excluding carboxylic acids is 1. The Hall–Kier alpha value is -2.42. The van der Waals surface area contributed by atoms with Crippen LogP contribution >= 0.6 is 23.1 Å². The van der Waals surface area contributed by atoms with E-state index in [4.69, 9.17) is 0 Å². The van der Waals surface area contributed by atoms with Gasteiger partial charge in [-0.15, -0.1) is 23.1 Å². The number of phenols is 1. The minimum absolute atomic E-state index is 0.0238. The van der Waals surface area contributed by atoms with E-state index < -0.39 is 17.4 Å². The van der Waals surface area contributed by atoms with Crippen molar-refractivity contribution in [2.24, 2.45) is 0 Å². The number of hydrogen-bond acceptors (Lipinski definition) is 7. The zero-order valence-corrected chi connectivity index (χ0v) is 15.7. The minimum Gasteiger partial charge on any atom is -0.507 e. The third-order valence-electron chi connectivity index (χ3n) is 4.45. The lowest BCUT2D eigenvalue weighted by atomic mass is 10.0. The zero-order chi connectivity index (χ0) is 19.0. The molecule has 0 spiro atoms. The van der Waals surface area contributed by atoms with Crippen molar-refractivity contribution >= 4 is 45.6 Å². The van der Waals surface area contributed by atoms with E-state index in [1.54, 1.807) is 12.1 Å². The van der Waals surface area contributed by atoms with Crippen molar-refractivity contribution in [1.29, 1.82) is 0 Å². The first-order valence-electron chi connectivity index (χ1n) is 8.35. The van der Waals surface area contributed by atoms with Crippen LogP contribution in [-0.2, 0) is 4.79 Å². The Balaban J connectivity index is 1.80. The topological polar surface area (TPSA) is 99.5 Å². The maximum atomic E-state index is 11.5. The number of para-hydroxylation sites is 1. The largest absolute Gasteiger partial charge is 0.507 e. The maximum absolute atomic E-state index is 11.5. The lowest BCUT2D eigenvalue weighted by Crippen LogP contribution is -2.41. The van der Waals surface area contributed by atoms with Crippen LogP contribution in [0.1, 0.15) is 27.7 Å². The molecule has 0 aliphatic carbocycles. The number of carboxylic acids is 1. The fraction of sp³-hybridized carbons (Fsp3) is 0.211. The first-order chi connectivity index (χ1) is 13.1. The molecule has 0 radical (unpaired) electrons. The Morgan fingerprint density at radius 1 is 1.30 bits per heavy atom. The number of fused-ring (bicyclic) bond motifs is 1. The van der Waals surface area contributed by atoms with Crippen LogP contribution in [0.2, 0.25) is 0 Å². The lowest BCUT2D eigenvalue weighted by Gasteiger charge is -2.29. The third kappa shape index (κ3) is 3.43. The number of thiazole rings is 1. The first kappa shape index (κ1) is 18.0. The smallest absolute Gasteiger partial charge is 0.320 e. The van der Waals surface area contributed by atoms with E-state index in [0.717, 1.165) is 16.5 Å². The van der Waals surface area contributed by atoms with Crippen LogP contribution in [-0.4, -0.2) is 39.2 Å². The molecule has 3 aromatic rings. The standard InChI is InChI=1S/C19H16N2O4S2/c22-9-10-7-11(17-21-14(19(24)25)5-6-26-17)16(23)12(8-10)18-20-13-3-1-2-4-15(13)27-18/h1-4,7-9,14,17,21,23H,5-6H2,(H,24,25)/t14?,17-/m1/s1. The van der Waals surface area contributed by atoms with E-state index in [9.17, 15) is 19.8 Å². The van der Waals surface area contributed by atoms with Gasteiger partial charge in [-0.1, -0.05) is 12.1 Å². The third-order valence-corrected chi connectivity index (χ3v) is 6.71. The van der Waals surface area contributed by atoms with Crippen LogP contribution in [0.3, 0.4) is 0 Å². The van der Waals surface area contributed by atoms with Crippen molar-refractivity contribution in [3.63, 3.8) is 0 Å². The van der Waals surface area contributed by atoms with Crippen LogP contribution in [0.4, 0.5) is 0 Å². The summed E-state index contributed by atoms with van der Waals surface area (Å²) < 4.78 is 0.987. The second-order valence-electron chi connectivity index (χ2n) is 6.21. The van der Waals surface area contributed by atoms with Crippen molar-refractivity contribution in [2.75, 3.05) is 5.75 Å². The molecule has 6 nitrogen and oxygen atoms in total. The molecule has 0 amide bonds. The summed E-state index contributed by atoms with van der Waals surface area (Å²) in [6.07, 6.45) is 1.23. The molecule has 1 unspecified atom stereocenters. The van der Waals surface area contributed by atoms with Crippen molar-refractivity contribution in [2.45, 2.75) is 17.8 Å². The van der Waals surface area contributed by atoms with Crippen LogP contribution in [0.15, 0.2) is 36.4 Å². The number of benzene rings is 2. The summed E-state index contributed by atoms with van der Waals surface area (Å²) in [6, 6.07) is 10.2. The van der Waals surface area contributed by atoms with Gasteiger partial charge in [0.1, 0.15) is 23.1 Å². The highest BCUT2D eigenvalue weighted by Crippen LogP contribution is 2.43. The number of thioether (sulfide) groups is 1. The summed E-state index contributed by atoms with van der Waals surface area (Å²) in [7, 11) is 0. The molecule has 1 aliphatic heterocycles. The number of aromatic nitrogens is 1. The van der Waals surface area contributed by atoms with Crippen molar-refractivity contribution in [3.8, 4) is 16.3 Å². The molecular formula is C19H16N2O4S2. The number of hydrogen-bond donors (Lipinski definition) is 3. The molecule has 0 saturated carbocycles. The Kier molecular flexibility index (Phi) is 4.86. The number of aromatic hydroxyl groups is 1. The average Bonchev–Trinajstić information content (AvgIpc) is 3.12. The van der Waals surface area contributed by atoms with Gasteiger partial charge in [-0.05, 0) is 36.4 Å². The van der Waals surface area contributed by atoms with Crippen LogP contribution < -0.4 is 5.32 Å². The molecule has 8 heteroatoms. The molecule has 1 aromatic heterocycles. The highest BCUT2D eigenvalue weighted by molar-refractivity contribution is 7.99. The highest BCUT2D eigenvalue weighted by Gasteiger charge is 2.30. The molecule has 1 aliphatic rings. The van der Waals surface area contributed by atoms with Gasteiger partial charge in [0.25, 0.3) is 0 Å². The molecule has 2 aromatic carbocycles. The van der Waals surface area contributed by atoms with E-state index >= 15 is 0 Å². The highest BCUT2D eigenvalue weighted by atomic mass is 32.2. The molecule has 3 N–H and O–H groups in total. The van der Waals surface area contributed by atoms with E-state index in [1.807, 2.05) is 24.3 Å². The quantitative estimate of drug-likeness (QED) is 0.575. The van der Waals surface area contributed by atoms with E-state index in [-0.39, 0.29) is 5.75 Å². The summed E-state index contributed by atoms with van der Waals surface area (Å²) in [5, 5.41) is 23.4. The zero-order valence-electron chi connectivity index (χ0n) is 14.1. The van der Waals surface area contributed by atoms with Gasteiger partial charge in [0.2, 0.25) is 0 Å². The van der Waals surface area contributed by atoms with Gasteiger partial charge in [0, 0.05) is 11.1 Å². The Morgan fingerprint density at radius 2 is 2.11 bits per heavy atom.